The van der Waals surface area contributed by atoms with Crippen LogP contribution in [0.4, 0.5) is 5.13 Å². The molecule has 48 heavy (non-hydrogen) atoms. The van der Waals surface area contributed by atoms with Crippen LogP contribution in [0.2, 0.25) is 0 Å². The van der Waals surface area contributed by atoms with Crippen LogP contribution in [0.3, 0.4) is 0 Å². The molecule has 1 N–H and O–H groups in total. The summed E-state index contributed by atoms with van der Waals surface area (Å²) in [6, 6.07) is 25.4. The number of aromatic nitrogens is 2. The third-order valence-corrected chi connectivity index (χ3v) is 9.87. The number of rotatable bonds is 13. The van der Waals surface area contributed by atoms with Gasteiger partial charge in [0.15, 0.2) is 15.8 Å². The highest BCUT2D eigenvalue weighted by Crippen LogP contribution is 2.46. The summed E-state index contributed by atoms with van der Waals surface area (Å²) in [5, 5.41) is 22.9. The second-order valence-electron chi connectivity index (χ2n) is 10.9. The Labute approximate surface area is 287 Å². The van der Waals surface area contributed by atoms with E-state index in [0.717, 1.165) is 22.8 Å². The Bertz CT molecular complexity index is 1970. The summed E-state index contributed by atoms with van der Waals surface area (Å²) >= 11 is 2.73. The molecule has 246 valence electrons. The van der Waals surface area contributed by atoms with Crippen LogP contribution in [-0.4, -0.2) is 46.8 Å². The second kappa shape index (κ2) is 14.9. The highest BCUT2D eigenvalue weighted by atomic mass is 32.2. The highest BCUT2D eigenvalue weighted by molar-refractivity contribution is 8.00. The minimum atomic E-state index is -1.00. The molecule has 1 fully saturated rings. The van der Waals surface area contributed by atoms with Crippen LogP contribution in [0.15, 0.2) is 94.8 Å². The first kappa shape index (κ1) is 33.0. The van der Waals surface area contributed by atoms with Gasteiger partial charge in [-0.25, -0.2) is 0 Å². The maximum Gasteiger partial charge on any atom is 0.301 e. The number of benzene rings is 4. The monoisotopic (exact) mass is 681 g/mol. The van der Waals surface area contributed by atoms with Crippen molar-refractivity contribution in [3.05, 3.63) is 107 Å². The molecule has 0 saturated carbocycles. The van der Waals surface area contributed by atoms with E-state index in [0.29, 0.717) is 58.3 Å². The van der Waals surface area contributed by atoms with Crippen molar-refractivity contribution in [2.24, 2.45) is 0 Å². The largest absolute Gasteiger partial charge is 0.507 e. The number of nitrogens with zero attached hydrogens (tertiary/aromatic N) is 3. The molecule has 1 aromatic heterocycles. The standard InChI is InChI=1S/C37H35N3O6S2/c1-4-20-46-29-19-16-25(21-30(29)45-6-3)32-31(33(41)24-14-17-27(18-15-24)44-5-2)34(42)35(43)40(32)36-38-39-37(48-36)47-22-26-12-9-11-23-10-7-8-13-28(23)26/h7-19,21,32,41H,4-6,20,22H2,1-3H3. The number of ether oxygens (including phenoxy) is 3. The van der Waals surface area contributed by atoms with E-state index >= 15 is 0 Å². The number of amides is 1. The Balaban J connectivity index is 1.39. The Morgan fingerprint density at radius 3 is 2.42 bits per heavy atom. The third kappa shape index (κ3) is 6.74. The summed E-state index contributed by atoms with van der Waals surface area (Å²) < 4.78 is 18.0. The smallest absolute Gasteiger partial charge is 0.301 e. The Morgan fingerprint density at radius 2 is 1.65 bits per heavy atom. The molecule has 1 aliphatic rings. The number of hydrogen-bond acceptors (Lipinski definition) is 10. The van der Waals surface area contributed by atoms with E-state index < -0.39 is 17.7 Å². The average molecular weight is 682 g/mol. The number of anilines is 1. The number of Topliss-reactive ketones (excluding diaryl/α,β-unsaturated/α-hetero) is 1. The fraction of sp³-hybridized carbons (Fsp3) is 0.243. The number of carbonyl (C=O) groups excluding carboxylic acids is 2. The molecular formula is C37H35N3O6S2. The van der Waals surface area contributed by atoms with E-state index in [1.165, 1.54) is 28.0 Å². The van der Waals surface area contributed by atoms with E-state index in [1.807, 2.05) is 39.0 Å². The molecule has 1 atom stereocenters. The molecule has 6 rings (SSSR count). The van der Waals surface area contributed by atoms with Crippen molar-refractivity contribution in [1.29, 1.82) is 0 Å². The van der Waals surface area contributed by atoms with E-state index in [1.54, 1.807) is 42.5 Å². The summed E-state index contributed by atoms with van der Waals surface area (Å²) in [5.74, 6) is 0.357. The predicted octanol–water partition coefficient (Wildman–Crippen LogP) is 8.20. The van der Waals surface area contributed by atoms with Crippen LogP contribution in [-0.2, 0) is 15.3 Å². The number of aliphatic hydroxyl groups is 1. The van der Waals surface area contributed by atoms with Crippen molar-refractivity contribution < 1.29 is 28.9 Å². The van der Waals surface area contributed by atoms with Crippen LogP contribution in [0, 0.1) is 0 Å². The molecule has 11 heteroatoms. The molecular weight excluding hydrogens is 647 g/mol. The quantitative estimate of drug-likeness (QED) is 0.0432. The van der Waals surface area contributed by atoms with Gasteiger partial charge in [-0.05, 0) is 78.6 Å². The van der Waals surface area contributed by atoms with Gasteiger partial charge in [0.1, 0.15) is 11.5 Å². The van der Waals surface area contributed by atoms with E-state index in [2.05, 4.69) is 34.5 Å². The third-order valence-electron chi connectivity index (χ3n) is 7.76. The summed E-state index contributed by atoms with van der Waals surface area (Å²) in [7, 11) is 0. The number of fused-ring (bicyclic) bond motifs is 1. The van der Waals surface area contributed by atoms with Gasteiger partial charge in [-0.2, -0.15) is 0 Å². The number of thioether (sulfide) groups is 1. The van der Waals surface area contributed by atoms with Crippen LogP contribution < -0.4 is 19.1 Å². The highest BCUT2D eigenvalue weighted by Gasteiger charge is 2.48. The molecule has 2 heterocycles. The van der Waals surface area contributed by atoms with Gasteiger partial charge in [0.05, 0.1) is 31.4 Å². The molecule has 4 aromatic carbocycles. The molecule has 1 aliphatic heterocycles. The van der Waals surface area contributed by atoms with Crippen LogP contribution >= 0.6 is 23.1 Å². The molecule has 1 amide bonds. The van der Waals surface area contributed by atoms with Gasteiger partial charge < -0.3 is 19.3 Å². The van der Waals surface area contributed by atoms with Crippen molar-refractivity contribution in [1.82, 2.24) is 10.2 Å². The molecule has 0 spiro atoms. The SMILES string of the molecule is CCCOc1ccc(C2C(=C(O)c3ccc(OCC)cc3)C(=O)C(=O)N2c2nnc(SCc3cccc4ccccc34)s2)cc1OCC. The van der Waals surface area contributed by atoms with Crippen molar-refractivity contribution >= 4 is 56.5 Å². The molecule has 1 saturated heterocycles. The van der Waals surface area contributed by atoms with Gasteiger partial charge in [-0.1, -0.05) is 78.6 Å². The Morgan fingerprint density at radius 1 is 0.875 bits per heavy atom. The van der Waals surface area contributed by atoms with Crippen molar-refractivity contribution in [3.63, 3.8) is 0 Å². The zero-order valence-corrected chi connectivity index (χ0v) is 28.5. The van der Waals surface area contributed by atoms with Crippen molar-refractivity contribution in [2.45, 2.75) is 43.3 Å². The molecule has 0 bridgehead atoms. The number of carbonyl (C=O) groups is 2. The van der Waals surface area contributed by atoms with E-state index in [9.17, 15) is 14.7 Å². The van der Waals surface area contributed by atoms with Gasteiger partial charge in [-0.3, -0.25) is 14.5 Å². The lowest BCUT2D eigenvalue weighted by molar-refractivity contribution is -0.132. The molecule has 0 radical (unpaired) electrons. The fourth-order valence-corrected chi connectivity index (χ4v) is 7.46. The first-order valence-corrected chi connectivity index (χ1v) is 17.6. The first-order chi connectivity index (χ1) is 23.4. The van der Waals surface area contributed by atoms with Crippen molar-refractivity contribution in [2.75, 3.05) is 24.7 Å². The van der Waals surface area contributed by atoms with Gasteiger partial charge in [0.25, 0.3) is 5.78 Å². The summed E-state index contributed by atoms with van der Waals surface area (Å²) in [5.41, 5.74) is 2.01. The van der Waals surface area contributed by atoms with Crippen LogP contribution in [0.25, 0.3) is 16.5 Å². The summed E-state index contributed by atoms with van der Waals surface area (Å²) in [6.07, 6.45) is 0.813. The van der Waals surface area contributed by atoms with E-state index in [-0.39, 0.29) is 16.5 Å². The molecule has 1 unspecified atom stereocenters. The fourth-order valence-electron chi connectivity index (χ4n) is 5.59. The lowest BCUT2D eigenvalue weighted by Gasteiger charge is -2.23. The maximum absolute atomic E-state index is 13.8. The Kier molecular flexibility index (Phi) is 10.3. The zero-order chi connectivity index (χ0) is 33.6. The lowest BCUT2D eigenvalue weighted by Crippen LogP contribution is -2.29. The van der Waals surface area contributed by atoms with Gasteiger partial charge in [0, 0.05) is 11.3 Å². The summed E-state index contributed by atoms with van der Waals surface area (Å²) in [6.45, 7) is 7.13. The minimum absolute atomic E-state index is 0.0611. The second-order valence-corrected chi connectivity index (χ2v) is 13.1. The lowest BCUT2D eigenvalue weighted by atomic mass is 9.95. The van der Waals surface area contributed by atoms with Gasteiger partial charge in [-0.15, -0.1) is 10.2 Å². The predicted molar refractivity (Wildman–Crippen MR) is 189 cm³/mol. The number of ketones is 1. The zero-order valence-electron chi connectivity index (χ0n) is 26.8. The first-order valence-electron chi connectivity index (χ1n) is 15.8. The van der Waals surface area contributed by atoms with Gasteiger partial charge >= 0.3 is 5.91 Å². The molecule has 5 aromatic rings. The maximum atomic E-state index is 13.8. The molecule has 9 nitrogen and oxygen atoms in total. The normalized spacial score (nSPS) is 15.6. The van der Waals surface area contributed by atoms with E-state index in [4.69, 9.17) is 14.2 Å². The topological polar surface area (TPSA) is 111 Å². The minimum Gasteiger partial charge on any atom is -0.507 e. The molecule has 0 aliphatic carbocycles. The Hall–Kier alpha value is -4.87. The summed E-state index contributed by atoms with van der Waals surface area (Å²) in [4.78, 5) is 28.9. The average Bonchev–Trinajstić information content (AvgIpc) is 3.68. The number of aliphatic hydroxyl groups excluding tert-OH is 1. The van der Waals surface area contributed by atoms with Crippen molar-refractivity contribution in [3.8, 4) is 17.2 Å². The van der Waals surface area contributed by atoms with Crippen LogP contribution in [0.5, 0.6) is 17.2 Å². The number of hydrogen-bond donors (Lipinski definition) is 1. The van der Waals surface area contributed by atoms with Gasteiger partial charge in [0.2, 0.25) is 5.13 Å². The van der Waals surface area contributed by atoms with Crippen LogP contribution in [0.1, 0.15) is 49.9 Å².